The highest BCUT2D eigenvalue weighted by atomic mass is 35.5. The molecule has 52 heavy (non-hydrogen) atoms. The molecule has 5 heterocycles. The zero-order valence-electron chi connectivity index (χ0n) is 30.9. The van der Waals surface area contributed by atoms with Gasteiger partial charge in [0.25, 0.3) is 0 Å². The number of carbonyl (C=O) groups excluding carboxylic acids is 2. The van der Waals surface area contributed by atoms with Crippen LogP contribution in [0.1, 0.15) is 97.5 Å². The number of hydrogen-bond acceptors (Lipinski definition) is 8. The topological polar surface area (TPSA) is 119 Å². The molecule has 276 valence electrons. The molecule has 2 fully saturated rings. The molecule has 12 heteroatoms. The Morgan fingerprint density at radius 2 is 1.37 bits per heavy atom. The fraction of sp³-hybridized carbons (Fsp3) is 0.500. The summed E-state index contributed by atoms with van der Waals surface area (Å²) in [6.07, 6.45) is 6.08. The van der Waals surface area contributed by atoms with Crippen molar-refractivity contribution in [2.45, 2.75) is 103 Å². The number of nitrogens with zero attached hydrogens (tertiary/aromatic N) is 4. The van der Waals surface area contributed by atoms with Crippen molar-refractivity contribution in [1.82, 2.24) is 19.8 Å². The molecule has 0 radical (unpaired) electrons. The normalized spacial score (nSPS) is 20.4. The van der Waals surface area contributed by atoms with Gasteiger partial charge in [0.2, 0.25) is 0 Å². The average molecular weight is 730 g/mol. The van der Waals surface area contributed by atoms with E-state index >= 15 is 0 Å². The number of rotatable bonds is 4. The highest BCUT2D eigenvalue weighted by Gasteiger charge is 2.37. The average Bonchev–Trinajstić information content (AvgIpc) is 3.89. The number of likely N-dealkylation sites (tertiary alicyclic amines) is 2. The molecule has 4 aliphatic heterocycles. The first-order chi connectivity index (χ1) is 24.7. The Morgan fingerprint density at radius 3 is 1.98 bits per heavy atom. The van der Waals surface area contributed by atoms with Crippen LogP contribution in [0.4, 0.5) is 9.59 Å². The van der Waals surface area contributed by atoms with Crippen LogP contribution in [-0.2, 0) is 9.47 Å². The molecule has 1 N–H and O–H groups in total. The number of imidazole rings is 1. The number of allylic oxidation sites excluding steroid dienone is 1. The minimum Gasteiger partial charge on any atom is -0.493 e. The molecule has 11 nitrogen and oxygen atoms in total. The summed E-state index contributed by atoms with van der Waals surface area (Å²) in [5, 5.41) is 0.403. The van der Waals surface area contributed by atoms with Crippen LogP contribution in [0, 0.1) is 0 Å². The largest absolute Gasteiger partial charge is 0.493 e. The Hall–Kier alpha value is -4.51. The van der Waals surface area contributed by atoms with Crippen LogP contribution in [-0.4, -0.2) is 81.2 Å². The van der Waals surface area contributed by atoms with Crippen molar-refractivity contribution in [3.8, 4) is 33.9 Å². The van der Waals surface area contributed by atoms with E-state index < -0.39 is 11.2 Å². The molecule has 2 aromatic carbocycles. The van der Waals surface area contributed by atoms with Gasteiger partial charge < -0.3 is 23.9 Å². The van der Waals surface area contributed by atoms with Crippen LogP contribution in [0.15, 0.2) is 47.6 Å². The number of aromatic nitrogens is 2. The molecule has 2 amide bonds. The first-order valence-electron chi connectivity index (χ1n) is 18.3. The van der Waals surface area contributed by atoms with Crippen molar-refractivity contribution in [1.29, 1.82) is 0 Å². The molecular formula is C40H48ClN5O6. The first-order valence-corrected chi connectivity index (χ1v) is 18.7. The van der Waals surface area contributed by atoms with E-state index in [1.807, 2.05) is 70.8 Å². The molecular weight excluding hydrogens is 682 g/mol. The minimum absolute atomic E-state index is 0.0629. The van der Waals surface area contributed by atoms with E-state index in [0.717, 1.165) is 65.0 Å². The molecule has 0 bridgehead atoms. The van der Waals surface area contributed by atoms with Gasteiger partial charge in [0.05, 0.1) is 25.3 Å². The highest BCUT2D eigenvalue weighted by Crippen LogP contribution is 2.43. The molecule has 4 aliphatic rings. The van der Waals surface area contributed by atoms with Gasteiger partial charge in [-0.05, 0) is 103 Å². The van der Waals surface area contributed by atoms with Gasteiger partial charge in [0.1, 0.15) is 39.4 Å². The Bertz CT molecular complexity index is 1920. The molecule has 0 unspecified atom stereocenters. The summed E-state index contributed by atoms with van der Waals surface area (Å²) in [5.41, 5.74) is 5.19. The van der Waals surface area contributed by atoms with Crippen LogP contribution in [0.5, 0.6) is 11.5 Å². The maximum atomic E-state index is 13.0. The lowest BCUT2D eigenvalue weighted by Gasteiger charge is -2.28. The third-order valence-corrected chi connectivity index (χ3v) is 9.87. The number of fused-ring (bicyclic) bond motifs is 3. The van der Waals surface area contributed by atoms with Crippen LogP contribution >= 0.6 is 11.6 Å². The van der Waals surface area contributed by atoms with Crippen LogP contribution in [0.25, 0.3) is 28.0 Å². The lowest BCUT2D eigenvalue weighted by atomic mass is 9.95. The number of aromatic amines is 1. The Morgan fingerprint density at radius 1 is 0.808 bits per heavy atom. The Kier molecular flexibility index (Phi) is 9.75. The number of carbonyl (C=O) groups is 2. The van der Waals surface area contributed by atoms with Gasteiger partial charge in [0, 0.05) is 54.5 Å². The van der Waals surface area contributed by atoms with Gasteiger partial charge >= 0.3 is 12.2 Å². The van der Waals surface area contributed by atoms with E-state index in [1.54, 1.807) is 4.90 Å². The molecule has 7 rings (SSSR count). The third kappa shape index (κ3) is 7.65. The molecule has 3 aromatic rings. The van der Waals surface area contributed by atoms with E-state index in [4.69, 9.17) is 40.5 Å². The molecule has 0 spiro atoms. The van der Waals surface area contributed by atoms with Gasteiger partial charge in [-0.2, -0.15) is 0 Å². The number of halogens is 1. The molecule has 0 saturated carbocycles. The summed E-state index contributed by atoms with van der Waals surface area (Å²) in [6.45, 7) is 13.5. The maximum Gasteiger partial charge on any atom is 0.410 e. The zero-order chi connectivity index (χ0) is 36.8. The smallest absolute Gasteiger partial charge is 0.410 e. The van der Waals surface area contributed by atoms with Gasteiger partial charge in [-0.25, -0.2) is 14.6 Å². The second-order valence-corrected chi connectivity index (χ2v) is 16.3. The molecule has 2 atom stereocenters. The quantitative estimate of drug-likeness (QED) is 0.284. The molecule has 1 aromatic heterocycles. The van der Waals surface area contributed by atoms with Crippen molar-refractivity contribution in [3.05, 3.63) is 59.1 Å². The summed E-state index contributed by atoms with van der Waals surface area (Å²) in [6, 6.07) is 11.9. The number of benzene rings is 2. The van der Waals surface area contributed by atoms with Crippen molar-refractivity contribution in [2.24, 2.45) is 4.99 Å². The number of nitrogens with one attached hydrogen (secondary N) is 1. The van der Waals surface area contributed by atoms with Crippen LogP contribution in [0.2, 0.25) is 5.15 Å². The van der Waals surface area contributed by atoms with Gasteiger partial charge in [0.15, 0.2) is 0 Å². The van der Waals surface area contributed by atoms with E-state index in [-0.39, 0.29) is 24.3 Å². The number of aliphatic imine (C=N–C) groups is 1. The van der Waals surface area contributed by atoms with E-state index in [1.165, 1.54) is 0 Å². The SMILES string of the molecule is CC(C)(C)OC(=O)N1CCC[C@H]1C1=NC=C(c2ccc3c(c2)OCCCOc2cc(-c4nc([C@@H]5CCCN5C(=O)OC(C)(C)C)[nH]c4Cl)ccc2-3)C1. The predicted molar refractivity (Wildman–Crippen MR) is 201 cm³/mol. The van der Waals surface area contributed by atoms with E-state index in [2.05, 4.69) is 23.2 Å². The predicted octanol–water partition coefficient (Wildman–Crippen LogP) is 9.22. The highest BCUT2D eigenvalue weighted by molar-refractivity contribution is 6.32. The van der Waals surface area contributed by atoms with Crippen molar-refractivity contribution >= 4 is 35.1 Å². The number of H-pyrrole nitrogens is 1. The first kappa shape index (κ1) is 35.9. The number of ether oxygens (including phenoxy) is 4. The second-order valence-electron chi connectivity index (χ2n) is 15.9. The lowest BCUT2D eigenvalue weighted by Crippen LogP contribution is -2.43. The lowest BCUT2D eigenvalue weighted by molar-refractivity contribution is 0.0216. The number of amides is 2. The van der Waals surface area contributed by atoms with Crippen LogP contribution in [0.3, 0.4) is 0 Å². The van der Waals surface area contributed by atoms with Crippen molar-refractivity contribution in [2.75, 3.05) is 26.3 Å². The minimum atomic E-state index is -0.588. The van der Waals surface area contributed by atoms with Gasteiger partial charge in [-0.15, -0.1) is 0 Å². The second kappa shape index (κ2) is 14.1. The zero-order valence-corrected chi connectivity index (χ0v) is 31.6. The van der Waals surface area contributed by atoms with Crippen molar-refractivity contribution < 1.29 is 28.5 Å². The van der Waals surface area contributed by atoms with Crippen molar-refractivity contribution in [3.63, 3.8) is 0 Å². The Labute approximate surface area is 310 Å². The standard InChI is InChI=1S/C40H48ClN5O6/c1-39(2,3)51-37(47)45-16-7-10-30(45)29-20-26(23-42-29)24-12-14-27-28-15-13-25(22-33(28)50-19-9-18-49-32(27)21-24)34-35(41)44-36(43-34)31-11-8-17-46(31)38(48)52-40(4,5)6/h12-15,21-23,30-31H,7-11,16-20H2,1-6H3,(H,43,44)/t30-,31-/m0/s1. The van der Waals surface area contributed by atoms with Gasteiger partial charge in [-0.1, -0.05) is 23.7 Å². The summed E-state index contributed by atoms with van der Waals surface area (Å²) < 4.78 is 24.0. The molecule has 0 aliphatic carbocycles. The summed E-state index contributed by atoms with van der Waals surface area (Å²) in [7, 11) is 0. The summed E-state index contributed by atoms with van der Waals surface area (Å²) in [4.78, 5) is 42.4. The fourth-order valence-electron chi connectivity index (χ4n) is 7.29. The fourth-order valence-corrected chi connectivity index (χ4v) is 7.54. The number of hydrogen-bond donors (Lipinski definition) is 1. The van der Waals surface area contributed by atoms with E-state index in [0.29, 0.717) is 61.6 Å². The summed E-state index contributed by atoms with van der Waals surface area (Å²) >= 11 is 6.77. The monoisotopic (exact) mass is 729 g/mol. The summed E-state index contributed by atoms with van der Waals surface area (Å²) in [5.74, 6) is 2.12. The third-order valence-electron chi connectivity index (χ3n) is 9.60. The van der Waals surface area contributed by atoms with E-state index in [9.17, 15) is 9.59 Å². The Balaban J connectivity index is 1.10. The maximum absolute atomic E-state index is 13.0. The van der Waals surface area contributed by atoms with Crippen LogP contribution < -0.4 is 9.47 Å². The molecule has 2 saturated heterocycles. The van der Waals surface area contributed by atoms with Gasteiger partial charge in [-0.3, -0.25) is 14.8 Å².